The van der Waals surface area contributed by atoms with E-state index in [0.29, 0.717) is 16.7 Å². The molecule has 0 saturated heterocycles. The van der Waals surface area contributed by atoms with Gasteiger partial charge < -0.3 is 15.7 Å². The van der Waals surface area contributed by atoms with Crippen LogP contribution < -0.4 is 10.6 Å². The largest absolute Gasteiger partial charge is 0.394 e. The molecule has 2 rings (SSSR count). The van der Waals surface area contributed by atoms with Crippen LogP contribution in [0.5, 0.6) is 0 Å². The number of halogens is 1. The Hall–Kier alpha value is -1.46. The SMILES string of the molecule is C[C@H](CO)Nc1nc(Nc2ccc([SH](=N)=O)cc2)ncc1I. The molecule has 2 atom stereocenters. The highest BCUT2D eigenvalue weighted by Crippen LogP contribution is 2.20. The number of aliphatic hydroxyl groups excluding tert-OH is 1. The number of thiol groups is 1. The molecule has 0 aliphatic carbocycles. The van der Waals surface area contributed by atoms with Gasteiger partial charge in [0.05, 0.1) is 20.8 Å². The van der Waals surface area contributed by atoms with E-state index in [-0.39, 0.29) is 12.6 Å². The second-order valence-electron chi connectivity index (χ2n) is 4.58. The predicted octanol–water partition coefficient (Wildman–Crippen LogP) is 2.22. The molecule has 4 N–H and O–H groups in total. The Labute approximate surface area is 143 Å². The van der Waals surface area contributed by atoms with Gasteiger partial charge in [-0.1, -0.05) is 0 Å². The number of hydrogen-bond acceptors (Lipinski definition) is 7. The van der Waals surface area contributed by atoms with Crippen LogP contribution in [0.1, 0.15) is 6.92 Å². The fourth-order valence-corrected chi connectivity index (χ4v) is 2.45. The second kappa shape index (κ2) is 7.70. The first kappa shape index (κ1) is 16.9. The summed E-state index contributed by atoms with van der Waals surface area (Å²) in [6.07, 6.45) is 1.68. The summed E-state index contributed by atoms with van der Waals surface area (Å²) in [5, 5.41) is 15.2. The molecule has 9 heteroatoms. The van der Waals surface area contributed by atoms with E-state index >= 15 is 0 Å². The Bertz CT molecular complexity index is 713. The smallest absolute Gasteiger partial charge is 0.229 e. The van der Waals surface area contributed by atoms with Crippen LogP contribution in [0, 0.1) is 8.35 Å². The monoisotopic (exact) mass is 433 g/mol. The standard InChI is InChI=1S/C13H16IN5O2S/c1-8(7-20)17-12-11(14)6-16-13(19-12)18-9-2-4-10(5-3-9)22(15)21/h2-6,8,15,20,22H,7H2,1H3,(H2,16,17,18,19)/t8-/m1/s1. The van der Waals surface area contributed by atoms with Crippen molar-refractivity contribution >= 4 is 50.6 Å². The zero-order chi connectivity index (χ0) is 16.1. The zero-order valence-corrected chi connectivity index (χ0v) is 14.8. The van der Waals surface area contributed by atoms with E-state index in [9.17, 15) is 4.21 Å². The molecule has 0 amide bonds. The number of aliphatic hydroxyl groups is 1. The van der Waals surface area contributed by atoms with E-state index < -0.39 is 10.6 Å². The number of hydrogen-bond donors (Lipinski definition) is 5. The van der Waals surface area contributed by atoms with E-state index in [2.05, 4.69) is 43.2 Å². The van der Waals surface area contributed by atoms with Crippen molar-refractivity contribution in [1.29, 1.82) is 4.78 Å². The molecule has 1 aromatic heterocycles. The minimum absolute atomic E-state index is 0.00953. The van der Waals surface area contributed by atoms with E-state index in [1.54, 1.807) is 30.5 Å². The van der Waals surface area contributed by atoms with E-state index in [1.165, 1.54) is 0 Å². The molecule has 0 bridgehead atoms. The summed E-state index contributed by atoms with van der Waals surface area (Å²) in [7, 11) is -2.08. The Morgan fingerprint density at radius 3 is 2.68 bits per heavy atom. The maximum atomic E-state index is 11.1. The summed E-state index contributed by atoms with van der Waals surface area (Å²) >= 11 is 2.12. The summed E-state index contributed by atoms with van der Waals surface area (Å²) in [6.45, 7) is 1.86. The van der Waals surface area contributed by atoms with Gasteiger partial charge in [0.25, 0.3) is 0 Å². The van der Waals surface area contributed by atoms with Crippen LogP contribution in [0.2, 0.25) is 0 Å². The molecule has 2 aromatic rings. The molecule has 0 saturated carbocycles. The predicted molar refractivity (Wildman–Crippen MR) is 95.2 cm³/mol. The zero-order valence-electron chi connectivity index (χ0n) is 11.7. The number of aromatic nitrogens is 2. The normalized spacial score (nSPS) is 13.4. The number of nitrogens with zero attached hydrogens (tertiary/aromatic N) is 2. The van der Waals surface area contributed by atoms with Crippen molar-refractivity contribution in [3.63, 3.8) is 0 Å². The maximum Gasteiger partial charge on any atom is 0.229 e. The van der Waals surface area contributed by atoms with Crippen LogP contribution in [-0.4, -0.2) is 31.9 Å². The number of rotatable bonds is 6. The summed E-state index contributed by atoms with van der Waals surface area (Å²) in [4.78, 5) is 9.04. The van der Waals surface area contributed by atoms with Crippen LogP contribution >= 0.6 is 22.6 Å². The Kier molecular flexibility index (Phi) is 5.91. The molecule has 0 fully saturated rings. The van der Waals surface area contributed by atoms with Gasteiger partial charge in [0.2, 0.25) is 5.95 Å². The first-order valence-corrected chi connectivity index (χ1v) is 8.79. The molecule has 1 aromatic carbocycles. The lowest BCUT2D eigenvalue weighted by molar-refractivity contribution is 0.281. The molecular formula is C13H16IN5O2S. The van der Waals surface area contributed by atoms with Gasteiger partial charge in [0.1, 0.15) is 5.82 Å². The lowest BCUT2D eigenvalue weighted by Gasteiger charge is -2.14. The quantitative estimate of drug-likeness (QED) is 0.353. The summed E-state index contributed by atoms with van der Waals surface area (Å²) < 4.78 is 19.1. The van der Waals surface area contributed by atoms with Crippen molar-refractivity contribution in [2.75, 3.05) is 17.2 Å². The number of anilines is 3. The third kappa shape index (κ3) is 4.52. The lowest BCUT2D eigenvalue weighted by atomic mass is 10.3. The summed E-state index contributed by atoms with van der Waals surface area (Å²) in [6, 6.07) is 6.61. The van der Waals surface area contributed by atoms with Crippen molar-refractivity contribution in [2.24, 2.45) is 0 Å². The average Bonchev–Trinajstić information content (AvgIpc) is 2.51. The third-order valence-corrected chi connectivity index (χ3v) is 4.32. The minimum Gasteiger partial charge on any atom is -0.394 e. The van der Waals surface area contributed by atoms with Crippen molar-refractivity contribution in [2.45, 2.75) is 17.9 Å². The van der Waals surface area contributed by atoms with E-state index in [0.717, 1.165) is 9.26 Å². The van der Waals surface area contributed by atoms with Crippen molar-refractivity contribution in [1.82, 2.24) is 9.97 Å². The van der Waals surface area contributed by atoms with Crippen LogP contribution in [0.3, 0.4) is 0 Å². The van der Waals surface area contributed by atoms with Gasteiger partial charge >= 0.3 is 0 Å². The van der Waals surface area contributed by atoms with Crippen LogP contribution in [0.15, 0.2) is 35.4 Å². The van der Waals surface area contributed by atoms with Gasteiger partial charge in [-0.25, -0.2) is 9.19 Å². The van der Waals surface area contributed by atoms with Crippen LogP contribution in [0.4, 0.5) is 17.5 Å². The number of benzene rings is 1. The highest BCUT2D eigenvalue weighted by Gasteiger charge is 2.08. The molecule has 0 radical (unpaired) electrons. The number of nitrogens with one attached hydrogen (secondary N) is 3. The topological polar surface area (TPSA) is 111 Å². The Balaban J connectivity index is 2.17. The van der Waals surface area contributed by atoms with Crippen LogP contribution in [0.25, 0.3) is 0 Å². The summed E-state index contributed by atoms with van der Waals surface area (Å²) in [5.41, 5.74) is 0.739. The molecule has 1 heterocycles. The highest BCUT2D eigenvalue weighted by atomic mass is 127. The average molecular weight is 433 g/mol. The minimum atomic E-state index is -2.08. The van der Waals surface area contributed by atoms with Crippen LogP contribution in [-0.2, 0) is 10.6 Å². The van der Waals surface area contributed by atoms with Gasteiger partial charge in [0.15, 0.2) is 0 Å². The van der Waals surface area contributed by atoms with E-state index in [1.807, 2.05) is 6.92 Å². The van der Waals surface area contributed by atoms with Crippen molar-refractivity contribution in [3.05, 3.63) is 34.0 Å². The van der Waals surface area contributed by atoms with Gasteiger partial charge in [0, 0.05) is 22.8 Å². The van der Waals surface area contributed by atoms with Gasteiger partial charge in [-0.15, -0.1) is 0 Å². The van der Waals surface area contributed by atoms with E-state index in [4.69, 9.17) is 9.89 Å². The molecule has 0 aliphatic heterocycles. The Morgan fingerprint density at radius 1 is 1.41 bits per heavy atom. The molecule has 7 nitrogen and oxygen atoms in total. The molecule has 22 heavy (non-hydrogen) atoms. The fraction of sp³-hybridized carbons (Fsp3) is 0.231. The molecule has 1 unspecified atom stereocenters. The van der Waals surface area contributed by atoms with Crippen molar-refractivity contribution < 1.29 is 9.32 Å². The van der Waals surface area contributed by atoms with Crippen molar-refractivity contribution in [3.8, 4) is 0 Å². The van der Waals surface area contributed by atoms with Gasteiger partial charge in [-0.2, -0.15) is 4.98 Å². The van der Waals surface area contributed by atoms with Gasteiger partial charge in [-0.05, 0) is 53.8 Å². The summed E-state index contributed by atoms with van der Waals surface area (Å²) in [5.74, 6) is 1.06. The fourth-order valence-electron chi connectivity index (χ4n) is 1.62. The lowest BCUT2D eigenvalue weighted by Crippen LogP contribution is -2.21. The second-order valence-corrected chi connectivity index (χ2v) is 6.85. The third-order valence-electron chi connectivity index (χ3n) is 2.76. The first-order valence-electron chi connectivity index (χ1n) is 6.45. The Morgan fingerprint density at radius 2 is 2.09 bits per heavy atom. The molecule has 0 spiro atoms. The molecule has 118 valence electrons. The molecule has 0 aliphatic rings. The first-order chi connectivity index (χ1) is 10.5. The maximum absolute atomic E-state index is 11.1. The molecular weight excluding hydrogens is 417 g/mol. The van der Waals surface area contributed by atoms with Gasteiger partial charge in [-0.3, -0.25) is 4.78 Å². The highest BCUT2D eigenvalue weighted by molar-refractivity contribution is 14.1.